The molecule has 1 aliphatic rings. The number of halogens is 3. The van der Waals surface area contributed by atoms with Crippen LogP contribution in [0.3, 0.4) is 0 Å². The molecule has 1 heterocycles. The SMILES string of the molecule is CC(Oc1ccccc1Cl)C(=O)N1CCOC(COCc2ccc(F)cc2Cl)C1. The molecule has 0 saturated carbocycles. The van der Waals surface area contributed by atoms with E-state index in [4.69, 9.17) is 37.4 Å². The third-order valence-electron chi connectivity index (χ3n) is 4.52. The van der Waals surface area contributed by atoms with E-state index >= 15 is 0 Å². The molecule has 0 radical (unpaired) electrons. The molecule has 0 bridgehead atoms. The molecule has 0 aliphatic carbocycles. The van der Waals surface area contributed by atoms with Crippen LogP contribution >= 0.6 is 23.2 Å². The van der Waals surface area contributed by atoms with Gasteiger partial charge >= 0.3 is 0 Å². The fraction of sp³-hybridized carbons (Fsp3) is 0.381. The van der Waals surface area contributed by atoms with Gasteiger partial charge in [-0.2, -0.15) is 0 Å². The Kier molecular flexibility index (Phi) is 7.72. The minimum atomic E-state index is -0.674. The first-order valence-corrected chi connectivity index (χ1v) is 10.0. The van der Waals surface area contributed by atoms with Crippen molar-refractivity contribution < 1.29 is 23.4 Å². The predicted molar refractivity (Wildman–Crippen MR) is 109 cm³/mol. The van der Waals surface area contributed by atoms with Crippen LogP contribution in [0.2, 0.25) is 10.0 Å². The Morgan fingerprint density at radius 2 is 2.07 bits per heavy atom. The van der Waals surface area contributed by atoms with Gasteiger partial charge in [0.15, 0.2) is 6.10 Å². The zero-order chi connectivity index (χ0) is 20.8. The molecule has 2 aromatic carbocycles. The third-order valence-corrected chi connectivity index (χ3v) is 5.18. The first kappa shape index (κ1) is 21.8. The summed E-state index contributed by atoms with van der Waals surface area (Å²) in [7, 11) is 0. The monoisotopic (exact) mass is 441 g/mol. The van der Waals surface area contributed by atoms with Crippen LogP contribution in [0.15, 0.2) is 42.5 Å². The smallest absolute Gasteiger partial charge is 0.263 e. The fourth-order valence-corrected chi connectivity index (χ4v) is 3.40. The van der Waals surface area contributed by atoms with Crippen LogP contribution < -0.4 is 4.74 Å². The van der Waals surface area contributed by atoms with Crippen LogP contribution in [-0.2, 0) is 20.9 Å². The van der Waals surface area contributed by atoms with Crippen molar-refractivity contribution >= 4 is 29.1 Å². The van der Waals surface area contributed by atoms with Crippen LogP contribution in [0.4, 0.5) is 4.39 Å². The van der Waals surface area contributed by atoms with E-state index in [-0.39, 0.29) is 25.2 Å². The molecule has 0 aromatic heterocycles. The molecule has 29 heavy (non-hydrogen) atoms. The van der Waals surface area contributed by atoms with E-state index in [0.29, 0.717) is 41.1 Å². The maximum atomic E-state index is 13.1. The minimum absolute atomic E-state index is 0.139. The normalized spacial score (nSPS) is 17.8. The van der Waals surface area contributed by atoms with Crippen molar-refractivity contribution in [3.63, 3.8) is 0 Å². The summed E-state index contributed by atoms with van der Waals surface area (Å²) >= 11 is 12.1. The zero-order valence-corrected chi connectivity index (χ0v) is 17.5. The lowest BCUT2D eigenvalue weighted by Gasteiger charge is -2.34. The van der Waals surface area contributed by atoms with Crippen molar-refractivity contribution in [1.82, 2.24) is 4.90 Å². The molecule has 1 saturated heterocycles. The Morgan fingerprint density at radius 3 is 2.83 bits per heavy atom. The average molecular weight is 442 g/mol. The van der Waals surface area contributed by atoms with Gasteiger partial charge in [0.2, 0.25) is 0 Å². The lowest BCUT2D eigenvalue weighted by atomic mass is 10.2. The first-order chi connectivity index (χ1) is 13.9. The standard InChI is InChI=1S/C21H22Cl2FNO4/c1-14(29-20-5-3-2-4-18(20)22)21(26)25-8-9-28-17(11-25)13-27-12-15-6-7-16(24)10-19(15)23/h2-7,10,14,17H,8-9,11-13H2,1H3. The quantitative estimate of drug-likeness (QED) is 0.640. The lowest BCUT2D eigenvalue weighted by molar-refractivity contribution is -0.148. The number of benzene rings is 2. The molecule has 3 rings (SSSR count). The maximum absolute atomic E-state index is 13.1. The van der Waals surface area contributed by atoms with Crippen molar-refractivity contribution in [3.8, 4) is 5.75 Å². The number of hydrogen-bond acceptors (Lipinski definition) is 4. The summed E-state index contributed by atoms with van der Waals surface area (Å²) in [4.78, 5) is 14.4. The second-order valence-corrected chi connectivity index (χ2v) is 7.53. The molecular weight excluding hydrogens is 420 g/mol. The van der Waals surface area contributed by atoms with Gasteiger partial charge in [0.25, 0.3) is 5.91 Å². The van der Waals surface area contributed by atoms with E-state index in [1.807, 2.05) is 0 Å². The topological polar surface area (TPSA) is 48.0 Å². The van der Waals surface area contributed by atoms with Crippen LogP contribution in [0.5, 0.6) is 5.75 Å². The summed E-state index contributed by atoms with van der Waals surface area (Å²) in [5.74, 6) is -0.0595. The number of hydrogen-bond donors (Lipinski definition) is 0. The van der Waals surface area contributed by atoms with Crippen molar-refractivity contribution in [2.24, 2.45) is 0 Å². The molecule has 2 unspecified atom stereocenters. The molecule has 2 aromatic rings. The highest BCUT2D eigenvalue weighted by Gasteiger charge is 2.28. The highest BCUT2D eigenvalue weighted by atomic mass is 35.5. The Hall–Kier alpha value is -1.86. The highest BCUT2D eigenvalue weighted by molar-refractivity contribution is 6.32. The number of carbonyl (C=O) groups is 1. The van der Waals surface area contributed by atoms with Gasteiger partial charge in [0.05, 0.1) is 30.9 Å². The van der Waals surface area contributed by atoms with Crippen molar-refractivity contribution in [3.05, 3.63) is 63.9 Å². The van der Waals surface area contributed by atoms with Gasteiger partial charge in [0, 0.05) is 18.1 Å². The molecule has 1 aliphatic heterocycles. The van der Waals surface area contributed by atoms with Crippen LogP contribution in [0.25, 0.3) is 0 Å². The molecule has 0 N–H and O–H groups in total. The maximum Gasteiger partial charge on any atom is 0.263 e. The molecule has 1 amide bonds. The number of morpholine rings is 1. The number of amides is 1. The molecule has 5 nitrogen and oxygen atoms in total. The summed E-state index contributed by atoms with van der Waals surface area (Å²) in [6, 6.07) is 11.2. The Morgan fingerprint density at radius 1 is 1.28 bits per heavy atom. The first-order valence-electron chi connectivity index (χ1n) is 9.27. The number of ether oxygens (including phenoxy) is 3. The van der Waals surface area contributed by atoms with Gasteiger partial charge in [-0.15, -0.1) is 0 Å². The van der Waals surface area contributed by atoms with E-state index in [9.17, 15) is 9.18 Å². The van der Waals surface area contributed by atoms with Crippen molar-refractivity contribution in [1.29, 1.82) is 0 Å². The molecule has 2 atom stereocenters. The van der Waals surface area contributed by atoms with E-state index in [2.05, 4.69) is 0 Å². The summed E-state index contributed by atoms with van der Waals surface area (Å²) < 4.78 is 30.2. The summed E-state index contributed by atoms with van der Waals surface area (Å²) in [5.41, 5.74) is 0.693. The van der Waals surface area contributed by atoms with Crippen LogP contribution in [0, 0.1) is 5.82 Å². The Balaban J connectivity index is 1.49. The lowest BCUT2D eigenvalue weighted by Crippen LogP contribution is -2.50. The second kappa shape index (κ2) is 10.3. The van der Waals surface area contributed by atoms with E-state index in [1.54, 1.807) is 42.2 Å². The Labute approximate surface area is 179 Å². The summed E-state index contributed by atoms with van der Waals surface area (Å²) in [5, 5.41) is 0.775. The molecule has 1 fully saturated rings. The van der Waals surface area contributed by atoms with Gasteiger partial charge in [0.1, 0.15) is 11.6 Å². The van der Waals surface area contributed by atoms with Crippen molar-refractivity contribution in [2.75, 3.05) is 26.3 Å². The highest BCUT2D eigenvalue weighted by Crippen LogP contribution is 2.25. The van der Waals surface area contributed by atoms with E-state index in [1.165, 1.54) is 12.1 Å². The molecule has 156 valence electrons. The van der Waals surface area contributed by atoms with Crippen molar-refractivity contribution in [2.45, 2.75) is 25.7 Å². The number of nitrogens with zero attached hydrogens (tertiary/aromatic N) is 1. The number of para-hydroxylation sites is 1. The third kappa shape index (κ3) is 6.06. The van der Waals surface area contributed by atoms with Gasteiger partial charge in [-0.3, -0.25) is 4.79 Å². The molecular formula is C21H22Cl2FNO4. The Bertz CT molecular complexity index is 851. The largest absolute Gasteiger partial charge is 0.479 e. The van der Waals surface area contributed by atoms with E-state index < -0.39 is 11.9 Å². The van der Waals surface area contributed by atoms with Crippen LogP contribution in [0.1, 0.15) is 12.5 Å². The molecule has 8 heteroatoms. The van der Waals surface area contributed by atoms with Crippen LogP contribution in [-0.4, -0.2) is 49.3 Å². The minimum Gasteiger partial charge on any atom is -0.479 e. The number of rotatable bonds is 7. The van der Waals surface area contributed by atoms with Gasteiger partial charge in [-0.05, 0) is 36.8 Å². The predicted octanol–water partition coefficient (Wildman–Crippen LogP) is 4.34. The number of carbonyl (C=O) groups excluding carboxylic acids is 1. The fourth-order valence-electron chi connectivity index (χ4n) is 3.00. The van der Waals surface area contributed by atoms with E-state index in [0.717, 1.165) is 0 Å². The van der Waals surface area contributed by atoms with Gasteiger partial charge in [-0.1, -0.05) is 41.4 Å². The summed E-state index contributed by atoms with van der Waals surface area (Å²) in [6.45, 7) is 3.51. The second-order valence-electron chi connectivity index (χ2n) is 6.72. The molecule has 0 spiro atoms. The van der Waals surface area contributed by atoms with Gasteiger partial charge < -0.3 is 19.1 Å². The average Bonchev–Trinajstić information content (AvgIpc) is 2.71. The zero-order valence-electron chi connectivity index (χ0n) is 15.9. The van der Waals surface area contributed by atoms with Gasteiger partial charge in [-0.25, -0.2) is 4.39 Å². The summed E-state index contributed by atoms with van der Waals surface area (Å²) in [6.07, 6.45) is -0.938.